The molecule has 160 valence electrons. The topological polar surface area (TPSA) is 59.0 Å². The number of pyridine rings is 1. The van der Waals surface area contributed by atoms with Gasteiger partial charge < -0.3 is 4.90 Å². The van der Waals surface area contributed by atoms with Crippen molar-refractivity contribution < 1.29 is 4.79 Å². The molecule has 0 atom stereocenters. The number of hydrogen-bond acceptors (Lipinski definition) is 4. The maximum atomic E-state index is 13.3. The Balaban J connectivity index is 1.60. The summed E-state index contributed by atoms with van der Waals surface area (Å²) in [5.74, 6) is 0.795. The van der Waals surface area contributed by atoms with E-state index in [2.05, 4.69) is 22.1 Å². The lowest BCUT2D eigenvalue weighted by atomic mass is 10.1. The highest BCUT2D eigenvalue weighted by atomic mass is 16.2. The van der Waals surface area contributed by atoms with Crippen LogP contribution in [0.3, 0.4) is 0 Å². The third-order valence-corrected chi connectivity index (χ3v) is 5.36. The molecule has 2 heterocycles. The first-order chi connectivity index (χ1) is 15.7. The molecule has 1 amide bonds. The normalized spacial score (nSPS) is 10.7. The van der Waals surface area contributed by atoms with Gasteiger partial charge in [-0.3, -0.25) is 9.78 Å². The van der Waals surface area contributed by atoms with E-state index in [1.54, 1.807) is 12.4 Å². The second kappa shape index (κ2) is 10.4. The minimum Gasteiger partial charge on any atom is -0.332 e. The Labute approximate surface area is 188 Å². The van der Waals surface area contributed by atoms with E-state index in [1.165, 1.54) is 0 Å². The molecular formula is C27H26N4O. The van der Waals surface area contributed by atoms with E-state index in [0.717, 1.165) is 27.9 Å². The van der Waals surface area contributed by atoms with E-state index in [4.69, 9.17) is 4.98 Å². The molecule has 0 saturated heterocycles. The Morgan fingerprint density at radius 2 is 1.50 bits per heavy atom. The van der Waals surface area contributed by atoms with Crippen LogP contribution < -0.4 is 0 Å². The predicted molar refractivity (Wildman–Crippen MR) is 125 cm³/mol. The van der Waals surface area contributed by atoms with Crippen LogP contribution in [-0.4, -0.2) is 25.8 Å². The number of rotatable bonds is 8. The van der Waals surface area contributed by atoms with Gasteiger partial charge in [0, 0.05) is 37.1 Å². The standard InChI is InChI=1S/C27H26N4O/c1-21-29-18-25(24-14-16-28-17-15-24)26(30-21)20-31(19-23-10-6-3-7-11-23)27(32)13-12-22-8-4-2-5-9-22/h2-11,14-18H,12-13,19-20H2,1H3. The van der Waals surface area contributed by atoms with Gasteiger partial charge in [0.25, 0.3) is 0 Å². The average molecular weight is 423 g/mol. The van der Waals surface area contributed by atoms with Gasteiger partial charge in [0.05, 0.1) is 12.2 Å². The molecule has 4 rings (SSSR count). The zero-order valence-corrected chi connectivity index (χ0v) is 18.2. The summed E-state index contributed by atoms with van der Waals surface area (Å²) in [6.07, 6.45) is 6.51. The predicted octanol–water partition coefficient (Wildman–Crippen LogP) is 5.01. The summed E-state index contributed by atoms with van der Waals surface area (Å²) in [6, 6.07) is 24.1. The molecule has 5 heteroatoms. The summed E-state index contributed by atoms with van der Waals surface area (Å²) >= 11 is 0. The molecule has 0 N–H and O–H groups in total. The minimum absolute atomic E-state index is 0.106. The van der Waals surface area contributed by atoms with Crippen LogP contribution >= 0.6 is 0 Å². The van der Waals surface area contributed by atoms with E-state index in [0.29, 0.717) is 31.8 Å². The first kappa shape index (κ1) is 21.4. The van der Waals surface area contributed by atoms with Crippen molar-refractivity contribution in [1.29, 1.82) is 0 Å². The number of hydrogen-bond donors (Lipinski definition) is 0. The Hall–Kier alpha value is -3.86. The molecule has 0 saturated carbocycles. The number of carbonyl (C=O) groups is 1. The zero-order chi connectivity index (χ0) is 22.2. The van der Waals surface area contributed by atoms with Gasteiger partial charge >= 0.3 is 0 Å². The first-order valence-electron chi connectivity index (χ1n) is 10.8. The highest BCUT2D eigenvalue weighted by molar-refractivity contribution is 5.77. The minimum atomic E-state index is 0.106. The lowest BCUT2D eigenvalue weighted by Crippen LogP contribution is -2.31. The molecule has 2 aromatic carbocycles. The van der Waals surface area contributed by atoms with Gasteiger partial charge in [0.2, 0.25) is 5.91 Å². The van der Waals surface area contributed by atoms with E-state index in [1.807, 2.05) is 78.7 Å². The third-order valence-electron chi connectivity index (χ3n) is 5.36. The van der Waals surface area contributed by atoms with Crippen molar-refractivity contribution in [2.24, 2.45) is 0 Å². The fraction of sp³-hybridized carbons (Fsp3) is 0.185. The summed E-state index contributed by atoms with van der Waals surface area (Å²) in [5, 5.41) is 0. The van der Waals surface area contributed by atoms with Crippen LogP contribution in [0.4, 0.5) is 0 Å². The number of aromatic nitrogens is 3. The van der Waals surface area contributed by atoms with Crippen LogP contribution in [0.25, 0.3) is 11.1 Å². The lowest BCUT2D eigenvalue weighted by molar-refractivity contribution is -0.132. The maximum Gasteiger partial charge on any atom is 0.223 e. The highest BCUT2D eigenvalue weighted by Crippen LogP contribution is 2.23. The van der Waals surface area contributed by atoms with Crippen molar-refractivity contribution in [1.82, 2.24) is 19.9 Å². The van der Waals surface area contributed by atoms with E-state index in [9.17, 15) is 4.79 Å². The van der Waals surface area contributed by atoms with Crippen molar-refractivity contribution in [3.63, 3.8) is 0 Å². The smallest absolute Gasteiger partial charge is 0.223 e. The molecule has 0 aliphatic rings. The highest BCUT2D eigenvalue weighted by Gasteiger charge is 2.18. The van der Waals surface area contributed by atoms with Crippen LogP contribution in [0, 0.1) is 6.92 Å². The van der Waals surface area contributed by atoms with Gasteiger partial charge in [-0.1, -0.05) is 60.7 Å². The summed E-state index contributed by atoms with van der Waals surface area (Å²) in [4.78, 5) is 28.4. The molecule has 4 aromatic rings. The first-order valence-corrected chi connectivity index (χ1v) is 10.8. The molecule has 0 unspecified atom stereocenters. The van der Waals surface area contributed by atoms with Gasteiger partial charge in [-0.15, -0.1) is 0 Å². The van der Waals surface area contributed by atoms with Gasteiger partial charge in [0.15, 0.2) is 0 Å². The summed E-state index contributed by atoms with van der Waals surface area (Å²) in [5.41, 5.74) is 5.01. The van der Waals surface area contributed by atoms with Crippen molar-refractivity contribution in [3.05, 3.63) is 114 Å². The van der Waals surface area contributed by atoms with Crippen molar-refractivity contribution in [2.45, 2.75) is 32.9 Å². The second-order valence-corrected chi connectivity index (χ2v) is 7.73. The molecule has 0 aliphatic heterocycles. The monoisotopic (exact) mass is 422 g/mol. The Bertz CT molecular complexity index is 1150. The van der Waals surface area contributed by atoms with Crippen LogP contribution in [0.15, 0.2) is 91.4 Å². The largest absolute Gasteiger partial charge is 0.332 e. The Kier molecular flexibility index (Phi) is 6.98. The quantitative estimate of drug-likeness (QED) is 0.401. The molecular weight excluding hydrogens is 396 g/mol. The van der Waals surface area contributed by atoms with Crippen LogP contribution in [-0.2, 0) is 24.3 Å². The molecule has 0 radical (unpaired) electrons. The van der Waals surface area contributed by atoms with Gasteiger partial charge in [-0.2, -0.15) is 0 Å². The fourth-order valence-electron chi connectivity index (χ4n) is 3.68. The lowest BCUT2D eigenvalue weighted by Gasteiger charge is -2.24. The summed E-state index contributed by atoms with van der Waals surface area (Å²) < 4.78 is 0. The molecule has 32 heavy (non-hydrogen) atoms. The van der Waals surface area contributed by atoms with E-state index < -0.39 is 0 Å². The van der Waals surface area contributed by atoms with Crippen LogP contribution in [0.5, 0.6) is 0 Å². The number of nitrogens with zero attached hydrogens (tertiary/aromatic N) is 4. The van der Waals surface area contributed by atoms with Crippen molar-refractivity contribution in [2.75, 3.05) is 0 Å². The average Bonchev–Trinajstić information content (AvgIpc) is 2.84. The molecule has 0 fully saturated rings. The van der Waals surface area contributed by atoms with Gasteiger partial charge in [-0.05, 0) is 42.2 Å². The fourth-order valence-corrected chi connectivity index (χ4v) is 3.68. The zero-order valence-electron chi connectivity index (χ0n) is 18.2. The van der Waals surface area contributed by atoms with Crippen LogP contribution in [0.1, 0.15) is 29.1 Å². The van der Waals surface area contributed by atoms with Crippen molar-refractivity contribution >= 4 is 5.91 Å². The molecule has 0 bridgehead atoms. The Morgan fingerprint density at radius 1 is 0.844 bits per heavy atom. The number of carbonyl (C=O) groups excluding carboxylic acids is 1. The van der Waals surface area contributed by atoms with Crippen molar-refractivity contribution in [3.8, 4) is 11.1 Å². The number of amides is 1. The molecule has 5 nitrogen and oxygen atoms in total. The van der Waals surface area contributed by atoms with Crippen LogP contribution in [0.2, 0.25) is 0 Å². The second-order valence-electron chi connectivity index (χ2n) is 7.73. The van der Waals surface area contributed by atoms with E-state index in [-0.39, 0.29) is 5.91 Å². The molecule has 0 aliphatic carbocycles. The van der Waals surface area contributed by atoms with E-state index >= 15 is 0 Å². The molecule has 0 spiro atoms. The Morgan fingerprint density at radius 3 is 2.19 bits per heavy atom. The van der Waals surface area contributed by atoms with Gasteiger partial charge in [-0.25, -0.2) is 9.97 Å². The summed E-state index contributed by atoms with van der Waals surface area (Å²) in [7, 11) is 0. The SMILES string of the molecule is Cc1ncc(-c2ccncc2)c(CN(Cc2ccccc2)C(=O)CCc2ccccc2)n1. The molecule has 2 aromatic heterocycles. The third kappa shape index (κ3) is 5.64. The number of benzene rings is 2. The van der Waals surface area contributed by atoms with Gasteiger partial charge in [0.1, 0.15) is 5.82 Å². The maximum absolute atomic E-state index is 13.3. The number of aryl methyl sites for hydroxylation is 2. The summed E-state index contributed by atoms with van der Waals surface area (Å²) in [6.45, 7) is 2.83.